The van der Waals surface area contributed by atoms with E-state index in [0.29, 0.717) is 6.54 Å². The number of aryl methyl sites for hydroxylation is 1. The van der Waals surface area contributed by atoms with E-state index in [-0.39, 0.29) is 0 Å². The van der Waals surface area contributed by atoms with Gasteiger partial charge in [-0.25, -0.2) is 4.98 Å². The molecule has 0 fully saturated rings. The summed E-state index contributed by atoms with van der Waals surface area (Å²) in [6, 6.07) is 12.1. The maximum atomic E-state index is 5.30. The van der Waals surface area contributed by atoms with Gasteiger partial charge in [-0.2, -0.15) is 0 Å². The normalized spacial score (nSPS) is 10.6. The predicted octanol–water partition coefficient (Wildman–Crippen LogP) is 4.32. The first kappa shape index (κ1) is 12.0. The summed E-state index contributed by atoms with van der Waals surface area (Å²) in [6.07, 6.45) is 1.69. The van der Waals surface area contributed by atoms with E-state index in [1.165, 1.54) is 0 Å². The Morgan fingerprint density at radius 2 is 2.21 bits per heavy atom. The molecular formula is C15H14N2OS. The Morgan fingerprint density at radius 1 is 1.26 bits per heavy atom. The number of nitrogens with zero attached hydrogens (tertiary/aromatic N) is 1. The fourth-order valence-electron chi connectivity index (χ4n) is 1.89. The van der Waals surface area contributed by atoms with E-state index >= 15 is 0 Å². The Morgan fingerprint density at radius 3 is 2.95 bits per heavy atom. The minimum absolute atomic E-state index is 0.687. The molecule has 0 bridgehead atoms. The molecule has 0 aliphatic heterocycles. The highest BCUT2D eigenvalue weighted by molar-refractivity contribution is 7.09. The standard InChI is InChI=1S/C15H14N2OS/c1-11-17-15(10-19-11)12-4-2-5-13(8-12)16-9-14-6-3-7-18-14/h2-8,10,16H,9H2,1H3. The molecule has 3 nitrogen and oxygen atoms in total. The van der Waals surface area contributed by atoms with Gasteiger partial charge in [0.05, 0.1) is 23.5 Å². The van der Waals surface area contributed by atoms with Crippen molar-refractivity contribution in [1.82, 2.24) is 4.98 Å². The summed E-state index contributed by atoms with van der Waals surface area (Å²) >= 11 is 1.67. The van der Waals surface area contributed by atoms with Crippen molar-refractivity contribution in [3.05, 3.63) is 58.8 Å². The number of thiazole rings is 1. The van der Waals surface area contributed by atoms with Gasteiger partial charge < -0.3 is 9.73 Å². The second kappa shape index (κ2) is 5.28. The molecule has 3 aromatic rings. The average molecular weight is 270 g/mol. The molecule has 2 aromatic heterocycles. The average Bonchev–Trinajstić information content (AvgIpc) is 3.08. The van der Waals surface area contributed by atoms with Crippen LogP contribution in [0.4, 0.5) is 5.69 Å². The molecule has 2 heterocycles. The fourth-order valence-corrected chi connectivity index (χ4v) is 2.51. The predicted molar refractivity (Wildman–Crippen MR) is 78.3 cm³/mol. The van der Waals surface area contributed by atoms with E-state index < -0.39 is 0 Å². The van der Waals surface area contributed by atoms with Crippen molar-refractivity contribution in [3.63, 3.8) is 0 Å². The summed E-state index contributed by atoms with van der Waals surface area (Å²) in [6.45, 7) is 2.71. The molecule has 0 amide bonds. The van der Waals surface area contributed by atoms with Crippen LogP contribution in [0.5, 0.6) is 0 Å². The minimum Gasteiger partial charge on any atom is -0.467 e. The van der Waals surface area contributed by atoms with Gasteiger partial charge in [0.15, 0.2) is 0 Å². The van der Waals surface area contributed by atoms with E-state index in [1.807, 2.05) is 31.2 Å². The molecule has 0 atom stereocenters. The monoisotopic (exact) mass is 270 g/mol. The molecule has 0 aliphatic carbocycles. The zero-order chi connectivity index (χ0) is 13.1. The molecule has 96 valence electrons. The second-order valence-electron chi connectivity index (χ2n) is 4.27. The molecule has 19 heavy (non-hydrogen) atoms. The number of anilines is 1. The first-order chi connectivity index (χ1) is 9.31. The van der Waals surface area contributed by atoms with Gasteiger partial charge in [0.25, 0.3) is 0 Å². The fraction of sp³-hybridized carbons (Fsp3) is 0.133. The lowest BCUT2D eigenvalue weighted by Crippen LogP contribution is -1.97. The number of hydrogen-bond acceptors (Lipinski definition) is 4. The maximum Gasteiger partial charge on any atom is 0.122 e. The number of furan rings is 1. The third kappa shape index (κ3) is 2.85. The van der Waals surface area contributed by atoms with Gasteiger partial charge in [-0.15, -0.1) is 11.3 Å². The van der Waals surface area contributed by atoms with E-state index in [2.05, 4.69) is 27.8 Å². The van der Waals surface area contributed by atoms with Crippen LogP contribution in [0.1, 0.15) is 10.8 Å². The molecule has 0 unspecified atom stereocenters. The van der Waals surface area contributed by atoms with Crippen molar-refractivity contribution in [2.75, 3.05) is 5.32 Å². The highest BCUT2D eigenvalue weighted by Gasteiger charge is 2.03. The third-order valence-corrected chi connectivity index (χ3v) is 3.60. The Balaban J connectivity index is 1.76. The Labute approximate surface area is 115 Å². The summed E-state index contributed by atoms with van der Waals surface area (Å²) in [5.74, 6) is 0.926. The number of nitrogens with one attached hydrogen (secondary N) is 1. The molecule has 0 spiro atoms. The van der Waals surface area contributed by atoms with Crippen LogP contribution in [-0.4, -0.2) is 4.98 Å². The Hall–Kier alpha value is -2.07. The van der Waals surface area contributed by atoms with E-state index in [9.17, 15) is 0 Å². The molecule has 3 rings (SSSR count). The Bertz CT molecular complexity index is 658. The van der Waals surface area contributed by atoms with Gasteiger partial charge in [-0.05, 0) is 31.2 Å². The number of hydrogen-bond donors (Lipinski definition) is 1. The topological polar surface area (TPSA) is 38.1 Å². The molecule has 0 saturated heterocycles. The van der Waals surface area contributed by atoms with Gasteiger partial charge in [0.2, 0.25) is 0 Å². The number of benzene rings is 1. The highest BCUT2D eigenvalue weighted by Crippen LogP contribution is 2.24. The zero-order valence-electron chi connectivity index (χ0n) is 10.6. The zero-order valence-corrected chi connectivity index (χ0v) is 11.4. The second-order valence-corrected chi connectivity index (χ2v) is 5.33. The molecular weight excluding hydrogens is 256 g/mol. The summed E-state index contributed by atoms with van der Waals surface area (Å²) in [5, 5.41) is 6.52. The van der Waals surface area contributed by atoms with Gasteiger partial charge in [0, 0.05) is 16.6 Å². The lowest BCUT2D eigenvalue weighted by Gasteiger charge is -2.06. The quantitative estimate of drug-likeness (QED) is 0.767. The van der Waals surface area contributed by atoms with Crippen LogP contribution in [0.25, 0.3) is 11.3 Å². The number of aromatic nitrogens is 1. The molecule has 0 saturated carbocycles. The smallest absolute Gasteiger partial charge is 0.122 e. The SMILES string of the molecule is Cc1nc(-c2cccc(NCc3ccco3)c2)cs1. The van der Waals surface area contributed by atoms with Crippen molar-refractivity contribution >= 4 is 17.0 Å². The van der Waals surface area contributed by atoms with Crippen LogP contribution >= 0.6 is 11.3 Å². The van der Waals surface area contributed by atoms with Crippen molar-refractivity contribution < 1.29 is 4.42 Å². The van der Waals surface area contributed by atoms with Gasteiger partial charge in [-0.3, -0.25) is 0 Å². The lowest BCUT2D eigenvalue weighted by molar-refractivity contribution is 0.518. The van der Waals surface area contributed by atoms with Gasteiger partial charge >= 0.3 is 0 Å². The largest absolute Gasteiger partial charge is 0.467 e. The van der Waals surface area contributed by atoms with Crippen LogP contribution in [0.2, 0.25) is 0 Å². The third-order valence-electron chi connectivity index (χ3n) is 2.82. The van der Waals surface area contributed by atoms with Crippen LogP contribution in [0.3, 0.4) is 0 Å². The summed E-state index contributed by atoms with van der Waals surface area (Å²) < 4.78 is 5.30. The van der Waals surface area contributed by atoms with Gasteiger partial charge in [-0.1, -0.05) is 12.1 Å². The van der Waals surface area contributed by atoms with Crippen LogP contribution in [0.15, 0.2) is 52.5 Å². The van der Waals surface area contributed by atoms with E-state index in [1.54, 1.807) is 17.6 Å². The van der Waals surface area contributed by atoms with Crippen molar-refractivity contribution in [3.8, 4) is 11.3 Å². The highest BCUT2D eigenvalue weighted by atomic mass is 32.1. The van der Waals surface area contributed by atoms with Crippen LogP contribution < -0.4 is 5.32 Å². The van der Waals surface area contributed by atoms with Crippen LogP contribution in [0, 0.1) is 6.92 Å². The maximum absolute atomic E-state index is 5.30. The van der Waals surface area contributed by atoms with Crippen molar-refractivity contribution in [1.29, 1.82) is 0 Å². The molecule has 1 N–H and O–H groups in total. The summed E-state index contributed by atoms with van der Waals surface area (Å²) in [4.78, 5) is 4.50. The van der Waals surface area contributed by atoms with Crippen LogP contribution in [-0.2, 0) is 6.54 Å². The first-order valence-corrected chi connectivity index (χ1v) is 6.98. The Kier molecular flexibility index (Phi) is 3.33. The molecule has 4 heteroatoms. The molecule has 1 aromatic carbocycles. The number of rotatable bonds is 4. The lowest BCUT2D eigenvalue weighted by atomic mass is 10.1. The van der Waals surface area contributed by atoms with Crippen molar-refractivity contribution in [2.45, 2.75) is 13.5 Å². The first-order valence-electron chi connectivity index (χ1n) is 6.10. The van der Waals surface area contributed by atoms with E-state index in [4.69, 9.17) is 4.42 Å². The molecule has 0 radical (unpaired) electrons. The van der Waals surface area contributed by atoms with Crippen molar-refractivity contribution in [2.24, 2.45) is 0 Å². The summed E-state index contributed by atoms with van der Waals surface area (Å²) in [5.41, 5.74) is 3.23. The minimum atomic E-state index is 0.687. The summed E-state index contributed by atoms with van der Waals surface area (Å²) in [7, 11) is 0. The van der Waals surface area contributed by atoms with E-state index in [0.717, 1.165) is 27.7 Å². The molecule has 0 aliphatic rings. The van der Waals surface area contributed by atoms with Gasteiger partial charge in [0.1, 0.15) is 5.76 Å².